The van der Waals surface area contributed by atoms with Crippen LogP contribution in [-0.2, 0) is 0 Å². The first-order chi connectivity index (χ1) is 8.85. The van der Waals surface area contributed by atoms with Crippen LogP contribution >= 0.6 is 0 Å². The van der Waals surface area contributed by atoms with Crippen molar-refractivity contribution in [3.63, 3.8) is 0 Å². The van der Waals surface area contributed by atoms with Crippen molar-refractivity contribution in [2.75, 3.05) is 13.1 Å². The number of piperidine rings is 1. The SMILES string of the molecule is CCCC(CCC)N1CCC(n2cncn2)CC1. The fourth-order valence-electron chi connectivity index (χ4n) is 3.10. The summed E-state index contributed by atoms with van der Waals surface area (Å²) in [7, 11) is 0. The summed E-state index contributed by atoms with van der Waals surface area (Å²) in [6.45, 7) is 7.03. The Bertz CT molecular complexity index is 309. The predicted molar refractivity (Wildman–Crippen MR) is 73.5 cm³/mol. The van der Waals surface area contributed by atoms with Crippen LogP contribution < -0.4 is 0 Å². The minimum atomic E-state index is 0.563. The summed E-state index contributed by atoms with van der Waals surface area (Å²) in [4.78, 5) is 6.74. The van der Waals surface area contributed by atoms with Gasteiger partial charge in [0.2, 0.25) is 0 Å². The number of rotatable bonds is 6. The van der Waals surface area contributed by atoms with Crippen LogP contribution in [0.5, 0.6) is 0 Å². The molecule has 0 bridgehead atoms. The molecule has 1 aromatic rings. The molecule has 1 aliphatic rings. The molecule has 1 aromatic heterocycles. The molecule has 0 aliphatic carbocycles. The number of hydrogen-bond acceptors (Lipinski definition) is 3. The lowest BCUT2D eigenvalue weighted by Gasteiger charge is -2.37. The van der Waals surface area contributed by atoms with E-state index in [1.165, 1.54) is 51.6 Å². The Kier molecular flexibility index (Phi) is 5.17. The summed E-state index contributed by atoms with van der Waals surface area (Å²) >= 11 is 0. The molecule has 2 heterocycles. The zero-order valence-corrected chi connectivity index (χ0v) is 11.8. The van der Waals surface area contributed by atoms with Crippen LogP contribution in [0.1, 0.15) is 58.4 Å². The summed E-state index contributed by atoms with van der Waals surface area (Å²) in [5.41, 5.74) is 0. The molecule has 0 radical (unpaired) electrons. The molecule has 0 unspecified atom stereocenters. The number of hydrogen-bond donors (Lipinski definition) is 0. The highest BCUT2D eigenvalue weighted by Gasteiger charge is 2.25. The average Bonchev–Trinajstić information content (AvgIpc) is 2.93. The molecule has 1 aliphatic heterocycles. The highest BCUT2D eigenvalue weighted by molar-refractivity contribution is 4.81. The summed E-state index contributed by atoms with van der Waals surface area (Å²) in [6, 6.07) is 1.37. The monoisotopic (exact) mass is 250 g/mol. The van der Waals surface area contributed by atoms with Gasteiger partial charge < -0.3 is 4.90 Å². The lowest BCUT2D eigenvalue weighted by Crippen LogP contribution is -2.41. The van der Waals surface area contributed by atoms with Gasteiger partial charge in [0.25, 0.3) is 0 Å². The summed E-state index contributed by atoms with van der Waals surface area (Å²) in [5, 5.41) is 4.27. The van der Waals surface area contributed by atoms with Crippen LogP contribution in [0, 0.1) is 0 Å². The third kappa shape index (κ3) is 3.31. The van der Waals surface area contributed by atoms with Gasteiger partial charge in [0.05, 0.1) is 6.04 Å². The Labute approximate surface area is 110 Å². The molecule has 4 nitrogen and oxygen atoms in total. The first-order valence-electron chi connectivity index (χ1n) is 7.43. The van der Waals surface area contributed by atoms with Crippen LogP contribution in [0.25, 0.3) is 0 Å². The van der Waals surface area contributed by atoms with Crippen LogP contribution in [0.4, 0.5) is 0 Å². The van der Waals surface area contributed by atoms with Gasteiger partial charge >= 0.3 is 0 Å². The van der Waals surface area contributed by atoms with Crippen molar-refractivity contribution in [3.8, 4) is 0 Å². The van der Waals surface area contributed by atoms with E-state index in [0.29, 0.717) is 6.04 Å². The minimum absolute atomic E-state index is 0.563. The summed E-state index contributed by atoms with van der Waals surface area (Å²) in [5.74, 6) is 0. The van der Waals surface area contributed by atoms with Crippen molar-refractivity contribution in [1.82, 2.24) is 19.7 Å². The van der Waals surface area contributed by atoms with E-state index >= 15 is 0 Å². The third-order valence-corrected chi connectivity index (χ3v) is 4.07. The average molecular weight is 250 g/mol. The van der Waals surface area contributed by atoms with E-state index in [-0.39, 0.29) is 0 Å². The van der Waals surface area contributed by atoms with Gasteiger partial charge in [-0.3, -0.25) is 0 Å². The van der Waals surface area contributed by atoms with Gasteiger partial charge in [0.15, 0.2) is 0 Å². The van der Waals surface area contributed by atoms with Crippen molar-refractivity contribution in [3.05, 3.63) is 12.7 Å². The van der Waals surface area contributed by atoms with Crippen LogP contribution in [0.15, 0.2) is 12.7 Å². The summed E-state index contributed by atoms with van der Waals surface area (Å²) in [6.07, 6.45) is 11.2. The second-order valence-electron chi connectivity index (χ2n) is 5.37. The van der Waals surface area contributed by atoms with Gasteiger partial charge in [-0.1, -0.05) is 26.7 Å². The van der Waals surface area contributed by atoms with E-state index in [1.54, 1.807) is 6.33 Å². The second-order valence-corrected chi connectivity index (χ2v) is 5.37. The van der Waals surface area contributed by atoms with Gasteiger partial charge in [-0.15, -0.1) is 0 Å². The minimum Gasteiger partial charge on any atom is -0.300 e. The van der Waals surface area contributed by atoms with Gasteiger partial charge in [-0.05, 0) is 25.7 Å². The molecule has 0 N–H and O–H groups in total. The van der Waals surface area contributed by atoms with E-state index < -0.39 is 0 Å². The van der Waals surface area contributed by atoms with Crippen LogP contribution in [-0.4, -0.2) is 38.8 Å². The molecular weight excluding hydrogens is 224 g/mol. The van der Waals surface area contributed by atoms with E-state index in [4.69, 9.17) is 0 Å². The van der Waals surface area contributed by atoms with Crippen molar-refractivity contribution in [2.24, 2.45) is 0 Å². The number of aromatic nitrogens is 3. The summed E-state index contributed by atoms with van der Waals surface area (Å²) < 4.78 is 2.03. The number of likely N-dealkylation sites (tertiary alicyclic amines) is 1. The zero-order valence-electron chi connectivity index (χ0n) is 11.8. The lowest BCUT2D eigenvalue weighted by molar-refractivity contribution is 0.117. The second kappa shape index (κ2) is 6.88. The number of nitrogens with zero attached hydrogens (tertiary/aromatic N) is 4. The fourth-order valence-corrected chi connectivity index (χ4v) is 3.10. The maximum absolute atomic E-state index is 4.27. The van der Waals surface area contributed by atoms with Crippen molar-refractivity contribution in [2.45, 2.75) is 64.5 Å². The Morgan fingerprint density at radius 1 is 1.17 bits per heavy atom. The molecule has 0 aromatic carbocycles. The Balaban J connectivity index is 1.84. The molecule has 1 fully saturated rings. The molecule has 102 valence electrons. The van der Waals surface area contributed by atoms with Crippen molar-refractivity contribution in [1.29, 1.82) is 0 Å². The third-order valence-electron chi connectivity index (χ3n) is 4.07. The molecule has 1 saturated heterocycles. The molecule has 0 amide bonds. The Hall–Kier alpha value is -0.900. The standard InChI is InChI=1S/C14H26N4/c1-3-5-13(6-4-2)17-9-7-14(8-10-17)18-12-15-11-16-18/h11-14H,3-10H2,1-2H3. The molecule has 18 heavy (non-hydrogen) atoms. The molecule has 0 spiro atoms. The van der Waals surface area contributed by atoms with E-state index in [1.807, 2.05) is 11.0 Å². The Morgan fingerprint density at radius 2 is 1.83 bits per heavy atom. The van der Waals surface area contributed by atoms with Crippen molar-refractivity contribution < 1.29 is 0 Å². The van der Waals surface area contributed by atoms with Crippen molar-refractivity contribution >= 4 is 0 Å². The van der Waals surface area contributed by atoms with Crippen LogP contribution in [0.3, 0.4) is 0 Å². The van der Waals surface area contributed by atoms with Crippen LogP contribution in [0.2, 0.25) is 0 Å². The molecular formula is C14H26N4. The van der Waals surface area contributed by atoms with E-state index in [2.05, 4.69) is 28.8 Å². The van der Waals surface area contributed by atoms with E-state index in [0.717, 1.165) is 6.04 Å². The topological polar surface area (TPSA) is 34.0 Å². The quantitative estimate of drug-likeness (QED) is 0.778. The predicted octanol–water partition coefficient (Wildman–Crippen LogP) is 2.88. The fraction of sp³-hybridized carbons (Fsp3) is 0.857. The van der Waals surface area contributed by atoms with Gasteiger partial charge in [-0.25, -0.2) is 9.67 Å². The lowest BCUT2D eigenvalue weighted by atomic mass is 9.99. The normalized spacial score (nSPS) is 18.6. The van der Waals surface area contributed by atoms with Gasteiger partial charge in [0, 0.05) is 19.1 Å². The first kappa shape index (κ1) is 13.5. The van der Waals surface area contributed by atoms with E-state index in [9.17, 15) is 0 Å². The first-order valence-corrected chi connectivity index (χ1v) is 7.43. The molecule has 0 saturated carbocycles. The zero-order chi connectivity index (χ0) is 12.8. The highest BCUT2D eigenvalue weighted by atomic mass is 15.3. The highest BCUT2D eigenvalue weighted by Crippen LogP contribution is 2.25. The van der Waals surface area contributed by atoms with Gasteiger partial charge in [0.1, 0.15) is 12.7 Å². The smallest absolute Gasteiger partial charge is 0.137 e. The van der Waals surface area contributed by atoms with Gasteiger partial charge in [-0.2, -0.15) is 5.10 Å². The molecule has 2 rings (SSSR count). The molecule has 0 atom stereocenters. The maximum Gasteiger partial charge on any atom is 0.137 e. The Morgan fingerprint density at radius 3 is 2.33 bits per heavy atom. The maximum atomic E-state index is 4.27. The molecule has 4 heteroatoms. The largest absolute Gasteiger partial charge is 0.300 e.